The lowest BCUT2D eigenvalue weighted by atomic mass is 9.90. The van der Waals surface area contributed by atoms with Gasteiger partial charge in [0.15, 0.2) is 0 Å². The summed E-state index contributed by atoms with van der Waals surface area (Å²) in [6.07, 6.45) is 0. The first-order chi connectivity index (χ1) is 16.9. The van der Waals surface area contributed by atoms with Gasteiger partial charge in [-0.05, 0) is 87.6 Å². The molecule has 0 heteroatoms. The Kier molecular flexibility index (Phi) is 2.88. The summed E-state index contributed by atoms with van der Waals surface area (Å²) >= 11 is 0. The summed E-state index contributed by atoms with van der Waals surface area (Å²) in [5.74, 6) is 0. The zero-order chi connectivity index (χ0) is 22.0. The van der Waals surface area contributed by atoms with E-state index in [1.165, 1.54) is 87.6 Å². The lowest BCUT2D eigenvalue weighted by molar-refractivity contribution is 1.73. The lowest BCUT2D eigenvalue weighted by Gasteiger charge is -2.13. The van der Waals surface area contributed by atoms with E-state index in [1.807, 2.05) is 0 Å². The van der Waals surface area contributed by atoms with Crippen molar-refractivity contribution >= 4 is 43.1 Å². The van der Waals surface area contributed by atoms with E-state index < -0.39 is 0 Å². The molecule has 0 radical (unpaired) electrons. The Balaban J connectivity index is 1.42. The van der Waals surface area contributed by atoms with Crippen LogP contribution >= 0.6 is 0 Å². The van der Waals surface area contributed by atoms with Crippen LogP contribution in [0, 0.1) is 0 Å². The second kappa shape index (κ2) is 5.73. The molecule has 0 amide bonds. The summed E-state index contributed by atoms with van der Waals surface area (Å²) in [4.78, 5) is 0. The van der Waals surface area contributed by atoms with Gasteiger partial charge in [0.2, 0.25) is 0 Å². The van der Waals surface area contributed by atoms with Gasteiger partial charge in [0.25, 0.3) is 0 Å². The average Bonchev–Trinajstić information content (AvgIpc) is 3.40. The summed E-state index contributed by atoms with van der Waals surface area (Å²) in [5, 5.41) is 10.8. The fourth-order valence-corrected chi connectivity index (χ4v) is 6.80. The van der Waals surface area contributed by atoms with Gasteiger partial charge in [-0.2, -0.15) is 0 Å². The Morgan fingerprint density at radius 1 is 0.265 bits per heavy atom. The highest BCUT2D eigenvalue weighted by Crippen LogP contribution is 2.53. The summed E-state index contributed by atoms with van der Waals surface area (Å²) in [5.41, 5.74) is 10.9. The van der Waals surface area contributed by atoms with Gasteiger partial charge in [0.05, 0.1) is 0 Å². The van der Waals surface area contributed by atoms with Gasteiger partial charge in [-0.1, -0.05) is 109 Å². The van der Waals surface area contributed by atoms with Crippen LogP contribution in [0.15, 0.2) is 109 Å². The molecule has 0 nitrogen and oxygen atoms in total. The summed E-state index contributed by atoms with van der Waals surface area (Å²) in [6.45, 7) is 0. The third kappa shape index (κ3) is 1.85. The normalized spacial score (nSPS) is 12.7. The van der Waals surface area contributed by atoms with Crippen molar-refractivity contribution in [2.45, 2.75) is 0 Å². The molecule has 0 atom stereocenters. The largest absolute Gasteiger partial charge is 0.0610 e. The van der Waals surface area contributed by atoms with E-state index in [0.717, 1.165) is 0 Å². The zero-order valence-corrected chi connectivity index (χ0v) is 18.4. The smallest absolute Gasteiger partial charge is 0.00199 e. The van der Waals surface area contributed by atoms with Crippen molar-refractivity contribution in [1.29, 1.82) is 0 Å². The van der Waals surface area contributed by atoms with Gasteiger partial charge in [-0.25, -0.2) is 0 Å². The van der Waals surface area contributed by atoms with Gasteiger partial charge in [-0.3, -0.25) is 0 Å². The maximum absolute atomic E-state index is 2.37. The molecule has 2 aliphatic carbocycles. The van der Waals surface area contributed by atoms with E-state index in [-0.39, 0.29) is 0 Å². The highest BCUT2D eigenvalue weighted by molar-refractivity contribution is 6.27. The molecule has 9 rings (SSSR count). The molecule has 0 N–H and O–H groups in total. The van der Waals surface area contributed by atoms with E-state index in [0.29, 0.717) is 0 Å². The van der Waals surface area contributed by atoms with Gasteiger partial charge in [0.1, 0.15) is 0 Å². The van der Waals surface area contributed by atoms with Crippen LogP contribution in [0.25, 0.3) is 87.6 Å². The van der Waals surface area contributed by atoms with Gasteiger partial charge in [0, 0.05) is 0 Å². The highest BCUT2D eigenvalue weighted by atomic mass is 14.3. The third-order valence-electron chi connectivity index (χ3n) is 8.13. The first-order valence-corrected chi connectivity index (χ1v) is 12.0. The Hall–Kier alpha value is -4.42. The monoisotopic (exact) mass is 426 g/mol. The van der Waals surface area contributed by atoms with Crippen LogP contribution in [0.1, 0.15) is 0 Å². The molecule has 7 aromatic rings. The fourth-order valence-electron chi connectivity index (χ4n) is 6.80. The molecule has 0 saturated heterocycles. The van der Waals surface area contributed by atoms with Crippen molar-refractivity contribution in [3.05, 3.63) is 109 Å². The maximum atomic E-state index is 2.37. The molecule has 0 fully saturated rings. The first-order valence-electron chi connectivity index (χ1n) is 12.0. The molecule has 0 unspecified atom stereocenters. The van der Waals surface area contributed by atoms with Crippen molar-refractivity contribution in [2.75, 3.05) is 0 Å². The van der Waals surface area contributed by atoms with Crippen molar-refractivity contribution < 1.29 is 0 Å². The maximum Gasteiger partial charge on any atom is -0.00199 e. The number of hydrogen-bond acceptors (Lipinski definition) is 0. The molecular weight excluding hydrogens is 408 g/mol. The Morgan fingerprint density at radius 3 is 1.09 bits per heavy atom. The highest BCUT2D eigenvalue weighted by Gasteiger charge is 2.26. The first kappa shape index (κ1) is 17.1. The van der Waals surface area contributed by atoms with Crippen LogP contribution in [-0.2, 0) is 0 Å². The molecule has 0 spiro atoms. The van der Waals surface area contributed by atoms with Gasteiger partial charge < -0.3 is 0 Å². The second-order valence-corrected chi connectivity index (χ2v) is 9.65. The second-order valence-electron chi connectivity index (χ2n) is 9.65. The predicted octanol–water partition coefficient (Wildman–Crippen LogP) is 9.59. The number of rotatable bonds is 0. The number of hydrogen-bond donors (Lipinski definition) is 0. The molecule has 34 heavy (non-hydrogen) atoms. The molecule has 0 aromatic heterocycles. The molecule has 0 aliphatic heterocycles. The van der Waals surface area contributed by atoms with Crippen molar-refractivity contribution in [3.8, 4) is 44.5 Å². The molecular formula is C34H18. The van der Waals surface area contributed by atoms with E-state index in [1.54, 1.807) is 0 Å². The third-order valence-corrected chi connectivity index (χ3v) is 8.13. The number of benzene rings is 7. The number of fused-ring (bicyclic) bond motifs is 11. The minimum atomic E-state index is 1.32. The SMILES string of the molecule is c1cc2c3c(cccc3c1)-c1c-2ccc2c1ccc1c3c(ccc12)-c1cccc2cccc-3c12. The molecule has 2 aliphatic rings. The summed E-state index contributed by atoms with van der Waals surface area (Å²) in [6, 6.07) is 40.9. The van der Waals surface area contributed by atoms with Gasteiger partial charge in [-0.15, -0.1) is 0 Å². The van der Waals surface area contributed by atoms with E-state index in [2.05, 4.69) is 109 Å². The Bertz CT molecular complexity index is 1900. The predicted molar refractivity (Wildman–Crippen MR) is 145 cm³/mol. The Labute approximate surface area is 196 Å². The minimum Gasteiger partial charge on any atom is -0.0610 e. The quantitative estimate of drug-likeness (QED) is 0.212. The van der Waals surface area contributed by atoms with Crippen molar-refractivity contribution in [1.82, 2.24) is 0 Å². The summed E-state index contributed by atoms with van der Waals surface area (Å²) < 4.78 is 0. The van der Waals surface area contributed by atoms with Crippen LogP contribution in [0.4, 0.5) is 0 Å². The van der Waals surface area contributed by atoms with Gasteiger partial charge >= 0.3 is 0 Å². The van der Waals surface area contributed by atoms with E-state index in [4.69, 9.17) is 0 Å². The molecule has 0 bridgehead atoms. The van der Waals surface area contributed by atoms with Crippen LogP contribution in [-0.4, -0.2) is 0 Å². The fraction of sp³-hybridized carbons (Fsp3) is 0. The molecule has 0 heterocycles. The van der Waals surface area contributed by atoms with Crippen molar-refractivity contribution in [3.63, 3.8) is 0 Å². The van der Waals surface area contributed by atoms with Crippen LogP contribution in [0.2, 0.25) is 0 Å². The minimum absolute atomic E-state index is 1.32. The topological polar surface area (TPSA) is 0 Å². The van der Waals surface area contributed by atoms with E-state index >= 15 is 0 Å². The average molecular weight is 427 g/mol. The summed E-state index contributed by atoms with van der Waals surface area (Å²) in [7, 11) is 0. The molecule has 0 saturated carbocycles. The van der Waals surface area contributed by atoms with E-state index in [9.17, 15) is 0 Å². The zero-order valence-electron chi connectivity index (χ0n) is 18.4. The molecule has 154 valence electrons. The van der Waals surface area contributed by atoms with Crippen LogP contribution < -0.4 is 0 Å². The van der Waals surface area contributed by atoms with Crippen molar-refractivity contribution in [2.24, 2.45) is 0 Å². The lowest BCUT2D eigenvalue weighted by Crippen LogP contribution is -1.86. The molecule has 7 aromatic carbocycles. The van der Waals surface area contributed by atoms with Crippen LogP contribution in [0.3, 0.4) is 0 Å². The Morgan fingerprint density at radius 2 is 0.647 bits per heavy atom. The van der Waals surface area contributed by atoms with Crippen LogP contribution in [0.5, 0.6) is 0 Å². The standard InChI is InChI=1S/C34H18/c1-5-19-7-3-11-29-31(19)23(9-1)27-15-13-21-22-14-16-28-24-10-2-6-20-8-4-12-30(32(20)24)34(28)26(22)18-17-25(21)33(27)29/h1-18H.